The normalized spacial score (nSPS) is 10.4. The number of nitrogens with one attached hydrogen (secondary N) is 1. The Bertz CT molecular complexity index is 460. The van der Waals surface area contributed by atoms with Crippen molar-refractivity contribution in [3.63, 3.8) is 0 Å². The summed E-state index contributed by atoms with van der Waals surface area (Å²) in [5, 5.41) is 13.4. The molecule has 0 heterocycles. The van der Waals surface area contributed by atoms with Crippen molar-refractivity contribution in [3.8, 4) is 0 Å². The number of likely N-dealkylation sites (N-methyl/N-ethyl adjacent to an activating group) is 1. The van der Waals surface area contributed by atoms with Gasteiger partial charge in [-0.1, -0.05) is 0 Å². The number of nitrogens with zero attached hydrogens (tertiary/aromatic N) is 2. The summed E-state index contributed by atoms with van der Waals surface area (Å²) < 4.78 is 0. The molecule has 7 heteroatoms. The van der Waals surface area contributed by atoms with Crippen molar-refractivity contribution in [2.45, 2.75) is 0 Å². The monoisotopic (exact) mass is 252 g/mol. The first-order chi connectivity index (χ1) is 8.41. The Labute approximate surface area is 105 Å². The van der Waals surface area contributed by atoms with E-state index in [0.29, 0.717) is 18.8 Å². The topological polar surface area (TPSA) is 102 Å². The molecule has 1 amide bonds. The van der Waals surface area contributed by atoms with Crippen molar-refractivity contribution in [2.75, 3.05) is 32.9 Å². The number of carbonyl (C=O) groups is 1. The molecule has 3 N–H and O–H groups in total. The highest BCUT2D eigenvalue weighted by Crippen LogP contribution is 2.20. The summed E-state index contributed by atoms with van der Waals surface area (Å²) in [5.41, 5.74) is 5.59. The van der Waals surface area contributed by atoms with Crippen LogP contribution in [-0.2, 0) is 0 Å². The summed E-state index contributed by atoms with van der Waals surface area (Å²) in [5.74, 6) is -0.490. The van der Waals surface area contributed by atoms with Gasteiger partial charge in [0.1, 0.15) is 5.56 Å². The van der Waals surface area contributed by atoms with Gasteiger partial charge in [-0.05, 0) is 26.2 Å². The minimum atomic E-state index is -0.597. The van der Waals surface area contributed by atoms with Crippen LogP contribution in [0.5, 0.6) is 0 Å². The largest absolute Gasteiger partial charge is 0.399 e. The van der Waals surface area contributed by atoms with Crippen molar-refractivity contribution in [2.24, 2.45) is 0 Å². The van der Waals surface area contributed by atoms with Crippen LogP contribution in [0.25, 0.3) is 0 Å². The maximum absolute atomic E-state index is 11.8. The zero-order valence-electron chi connectivity index (χ0n) is 10.3. The number of amides is 1. The van der Waals surface area contributed by atoms with Crippen LogP contribution >= 0.6 is 0 Å². The van der Waals surface area contributed by atoms with Gasteiger partial charge in [-0.25, -0.2) is 0 Å². The molecule has 0 saturated carbocycles. The lowest BCUT2D eigenvalue weighted by Crippen LogP contribution is -2.31. The van der Waals surface area contributed by atoms with E-state index >= 15 is 0 Å². The van der Waals surface area contributed by atoms with Crippen molar-refractivity contribution >= 4 is 17.3 Å². The van der Waals surface area contributed by atoms with E-state index < -0.39 is 10.8 Å². The molecule has 18 heavy (non-hydrogen) atoms. The molecule has 1 aromatic rings. The number of nitrogens with two attached hydrogens (primary N) is 1. The lowest BCUT2D eigenvalue weighted by molar-refractivity contribution is -0.385. The molecular weight excluding hydrogens is 236 g/mol. The number of hydrogen-bond donors (Lipinski definition) is 2. The Balaban J connectivity index is 2.84. The van der Waals surface area contributed by atoms with Gasteiger partial charge in [0.05, 0.1) is 4.92 Å². The molecule has 7 nitrogen and oxygen atoms in total. The Kier molecular flexibility index (Phi) is 4.61. The van der Waals surface area contributed by atoms with Gasteiger partial charge in [-0.3, -0.25) is 14.9 Å². The van der Waals surface area contributed by atoms with Gasteiger partial charge in [0.25, 0.3) is 11.6 Å². The van der Waals surface area contributed by atoms with Gasteiger partial charge in [0.15, 0.2) is 0 Å². The average molecular weight is 252 g/mol. The number of nitrogen functional groups attached to an aromatic ring is 1. The molecule has 0 bridgehead atoms. The van der Waals surface area contributed by atoms with Crippen LogP contribution in [0.2, 0.25) is 0 Å². The van der Waals surface area contributed by atoms with E-state index in [0.717, 1.165) is 0 Å². The second-order valence-corrected chi connectivity index (χ2v) is 4.09. The predicted octanol–water partition coefficient (Wildman–Crippen LogP) is 0.468. The molecule has 98 valence electrons. The molecule has 0 atom stereocenters. The number of nitro groups is 1. The van der Waals surface area contributed by atoms with Gasteiger partial charge >= 0.3 is 0 Å². The first kappa shape index (κ1) is 13.9. The molecule has 1 rings (SSSR count). The average Bonchev–Trinajstić information content (AvgIpc) is 2.27. The quantitative estimate of drug-likeness (QED) is 0.450. The first-order valence-electron chi connectivity index (χ1n) is 5.38. The molecule has 1 aromatic carbocycles. The number of hydrogen-bond acceptors (Lipinski definition) is 5. The second-order valence-electron chi connectivity index (χ2n) is 4.09. The van der Waals surface area contributed by atoms with Crippen LogP contribution in [0, 0.1) is 10.1 Å². The fourth-order valence-corrected chi connectivity index (χ4v) is 1.38. The predicted molar refractivity (Wildman–Crippen MR) is 68.4 cm³/mol. The molecule has 0 aromatic heterocycles. The highest BCUT2D eigenvalue weighted by Gasteiger charge is 2.19. The van der Waals surface area contributed by atoms with Crippen LogP contribution in [0.4, 0.5) is 11.4 Å². The Hall–Kier alpha value is -2.15. The molecule has 0 saturated heterocycles. The summed E-state index contributed by atoms with van der Waals surface area (Å²) in [6, 6.07) is 3.94. The Morgan fingerprint density at radius 2 is 2.17 bits per heavy atom. The van der Waals surface area contributed by atoms with E-state index in [1.54, 1.807) is 0 Å². The maximum atomic E-state index is 11.8. The molecule has 0 fully saturated rings. The minimum Gasteiger partial charge on any atom is -0.399 e. The van der Waals surface area contributed by atoms with E-state index in [1.807, 2.05) is 19.0 Å². The van der Waals surface area contributed by atoms with Crippen LogP contribution in [-0.4, -0.2) is 42.9 Å². The van der Waals surface area contributed by atoms with Gasteiger partial charge in [0.2, 0.25) is 0 Å². The molecule has 0 spiro atoms. The SMILES string of the molecule is CN(C)CCNC(=O)c1cc(N)ccc1[N+](=O)[O-]. The number of anilines is 1. The molecule has 0 aliphatic heterocycles. The molecule has 0 unspecified atom stereocenters. The highest BCUT2D eigenvalue weighted by atomic mass is 16.6. The Morgan fingerprint density at radius 1 is 1.50 bits per heavy atom. The minimum absolute atomic E-state index is 0.0150. The second kappa shape index (κ2) is 5.97. The van der Waals surface area contributed by atoms with Crippen LogP contribution < -0.4 is 11.1 Å². The highest BCUT2D eigenvalue weighted by molar-refractivity contribution is 5.99. The summed E-state index contributed by atoms with van der Waals surface area (Å²) in [4.78, 5) is 23.9. The van der Waals surface area contributed by atoms with E-state index in [1.165, 1.54) is 18.2 Å². The van der Waals surface area contributed by atoms with Crippen molar-refractivity contribution in [3.05, 3.63) is 33.9 Å². The van der Waals surface area contributed by atoms with Gasteiger partial charge in [0, 0.05) is 24.8 Å². The third-order valence-electron chi connectivity index (χ3n) is 2.31. The lowest BCUT2D eigenvalue weighted by Gasteiger charge is -2.10. The van der Waals surface area contributed by atoms with Crippen LogP contribution in [0.3, 0.4) is 0 Å². The van der Waals surface area contributed by atoms with Gasteiger partial charge < -0.3 is 16.0 Å². The lowest BCUT2D eigenvalue weighted by atomic mass is 10.1. The van der Waals surface area contributed by atoms with E-state index in [2.05, 4.69) is 5.32 Å². The number of benzene rings is 1. The summed E-state index contributed by atoms with van der Waals surface area (Å²) in [6.07, 6.45) is 0. The fourth-order valence-electron chi connectivity index (χ4n) is 1.38. The standard InChI is InChI=1S/C11H16N4O3/c1-14(2)6-5-13-11(16)9-7-8(12)3-4-10(9)15(17)18/h3-4,7H,5-6,12H2,1-2H3,(H,13,16). The van der Waals surface area contributed by atoms with Crippen molar-refractivity contribution < 1.29 is 9.72 Å². The summed E-state index contributed by atoms with van der Waals surface area (Å²) in [7, 11) is 3.74. The summed E-state index contributed by atoms with van der Waals surface area (Å²) in [6.45, 7) is 1.07. The van der Waals surface area contributed by atoms with Crippen molar-refractivity contribution in [1.82, 2.24) is 10.2 Å². The number of rotatable bonds is 5. The number of nitro benzene ring substituents is 1. The third kappa shape index (κ3) is 3.70. The van der Waals surface area contributed by atoms with Gasteiger partial charge in [-0.15, -0.1) is 0 Å². The zero-order valence-corrected chi connectivity index (χ0v) is 10.3. The molecular formula is C11H16N4O3. The fraction of sp³-hybridized carbons (Fsp3) is 0.364. The first-order valence-corrected chi connectivity index (χ1v) is 5.38. The molecule has 0 aliphatic carbocycles. The smallest absolute Gasteiger partial charge is 0.282 e. The zero-order chi connectivity index (χ0) is 13.7. The molecule has 0 radical (unpaired) electrons. The van der Waals surface area contributed by atoms with Gasteiger partial charge in [-0.2, -0.15) is 0 Å². The van der Waals surface area contributed by atoms with Crippen LogP contribution in [0.15, 0.2) is 18.2 Å². The number of carbonyl (C=O) groups excluding carboxylic acids is 1. The third-order valence-corrected chi connectivity index (χ3v) is 2.31. The van der Waals surface area contributed by atoms with E-state index in [9.17, 15) is 14.9 Å². The maximum Gasteiger partial charge on any atom is 0.282 e. The Morgan fingerprint density at radius 3 is 2.72 bits per heavy atom. The van der Waals surface area contributed by atoms with E-state index in [4.69, 9.17) is 5.73 Å². The molecule has 0 aliphatic rings. The van der Waals surface area contributed by atoms with Crippen LogP contribution in [0.1, 0.15) is 10.4 Å². The van der Waals surface area contributed by atoms with E-state index in [-0.39, 0.29) is 11.3 Å². The summed E-state index contributed by atoms with van der Waals surface area (Å²) >= 11 is 0. The van der Waals surface area contributed by atoms with Crippen molar-refractivity contribution in [1.29, 1.82) is 0 Å².